The third kappa shape index (κ3) is 3.02. The summed E-state index contributed by atoms with van der Waals surface area (Å²) in [6, 6.07) is 1.27. The van der Waals surface area contributed by atoms with Crippen molar-refractivity contribution in [1.82, 2.24) is 4.98 Å². The standard InChI is InChI=1S/C9H8FNO2/c1-13-9(12)3-2-7-4-8(10)6-11-5-7/h2-6H,1H3/b3-2-. The van der Waals surface area contributed by atoms with Crippen LogP contribution in [0, 0.1) is 5.82 Å². The highest BCUT2D eigenvalue weighted by molar-refractivity contribution is 5.86. The Morgan fingerprint density at radius 2 is 2.38 bits per heavy atom. The van der Waals surface area contributed by atoms with E-state index in [9.17, 15) is 9.18 Å². The van der Waals surface area contributed by atoms with Crippen molar-refractivity contribution in [2.45, 2.75) is 0 Å². The van der Waals surface area contributed by atoms with Gasteiger partial charge in [-0.15, -0.1) is 0 Å². The summed E-state index contributed by atoms with van der Waals surface area (Å²) >= 11 is 0. The van der Waals surface area contributed by atoms with E-state index in [1.54, 1.807) is 0 Å². The smallest absolute Gasteiger partial charge is 0.330 e. The van der Waals surface area contributed by atoms with Crippen LogP contribution in [0.15, 0.2) is 24.5 Å². The number of halogens is 1. The number of aromatic nitrogens is 1. The molecule has 0 radical (unpaired) electrons. The molecule has 0 aliphatic rings. The number of esters is 1. The van der Waals surface area contributed by atoms with Crippen LogP contribution >= 0.6 is 0 Å². The molecule has 4 heteroatoms. The van der Waals surface area contributed by atoms with Crippen LogP contribution in [0.1, 0.15) is 5.56 Å². The first-order chi connectivity index (χ1) is 6.22. The van der Waals surface area contributed by atoms with Gasteiger partial charge in [-0.05, 0) is 17.7 Å². The van der Waals surface area contributed by atoms with Gasteiger partial charge in [0.25, 0.3) is 0 Å². The molecule has 0 aliphatic heterocycles. The molecule has 0 atom stereocenters. The largest absolute Gasteiger partial charge is 0.466 e. The zero-order chi connectivity index (χ0) is 9.68. The van der Waals surface area contributed by atoms with Gasteiger partial charge in [0.1, 0.15) is 5.82 Å². The number of nitrogens with zero attached hydrogens (tertiary/aromatic N) is 1. The Balaban J connectivity index is 2.74. The first-order valence-electron chi connectivity index (χ1n) is 3.59. The van der Waals surface area contributed by atoms with Crippen LogP contribution in [0.25, 0.3) is 6.08 Å². The zero-order valence-corrected chi connectivity index (χ0v) is 7.03. The maximum absolute atomic E-state index is 12.6. The summed E-state index contributed by atoms with van der Waals surface area (Å²) in [5, 5.41) is 0. The van der Waals surface area contributed by atoms with Gasteiger partial charge in [-0.25, -0.2) is 9.18 Å². The van der Waals surface area contributed by atoms with Crippen molar-refractivity contribution >= 4 is 12.0 Å². The third-order valence-electron chi connectivity index (χ3n) is 1.34. The molecule has 13 heavy (non-hydrogen) atoms. The molecule has 0 aromatic carbocycles. The Kier molecular flexibility index (Phi) is 3.14. The molecule has 3 nitrogen and oxygen atoms in total. The maximum atomic E-state index is 12.6. The predicted molar refractivity (Wildman–Crippen MR) is 45.2 cm³/mol. The number of methoxy groups -OCH3 is 1. The van der Waals surface area contributed by atoms with Gasteiger partial charge in [0.15, 0.2) is 0 Å². The Bertz CT molecular complexity index is 336. The molecule has 0 fully saturated rings. The molecule has 0 saturated heterocycles. The number of hydrogen-bond acceptors (Lipinski definition) is 3. The van der Waals surface area contributed by atoms with Gasteiger partial charge < -0.3 is 4.74 Å². The van der Waals surface area contributed by atoms with E-state index in [1.165, 1.54) is 31.5 Å². The molecule has 0 N–H and O–H groups in total. The van der Waals surface area contributed by atoms with E-state index in [4.69, 9.17) is 0 Å². The average Bonchev–Trinajstić information content (AvgIpc) is 2.14. The molecule has 1 aromatic rings. The Labute approximate surface area is 74.9 Å². The lowest BCUT2D eigenvalue weighted by molar-refractivity contribution is -0.134. The molecular formula is C9H8FNO2. The molecule has 1 heterocycles. The van der Waals surface area contributed by atoms with Crippen molar-refractivity contribution in [3.05, 3.63) is 35.9 Å². The van der Waals surface area contributed by atoms with Crippen LogP contribution in [-0.4, -0.2) is 18.1 Å². The number of ether oxygens (including phenoxy) is 1. The number of hydrogen-bond donors (Lipinski definition) is 0. The van der Waals surface area contributed by atoms with Crippen molar-refractivity contribution in [1.29, 1.82) is 0 Å². The predicted octanol–water partition coefficient (Wildman–Crippen LogP) is 1.41. The minimum absolute atomic E-state index is 0.438. The second-order valence-corrected chi connectivity index (χ2v) is 2.29. The summed E-state index contributed by atoms with van der Waals surface area (Å²) in [4.78, 5) is 14.3. The van der Waals surface area contributed by atoms with Gasteiger partial charge in [-0.3, -0.25) is 4.98 Å². The quantitative estimate of drug-likeness (QED) is 0.511. The number of rotatable bonds is 2. The maximum Gasteiger partial charge on any atom is 0.330 e. The van der Waals surface area contributed by atoms with Crippen LogP contribution in [-0.2, 0) is 9.53 Å². The average molecular weight is 181 g/mol. The summed E-state index contributed by atoms with van der Waals surface area (Å²) in [5.41, 5.74) is 0.519. The Morgan fingerprint density at radius 1 is 1.62 bits per heavy atom. The van der Waals surface area contributed by atoms with E-state index in [1.807, 2.05) is 0 Å². The number of carbonyl (C=O) groups is 1. The molecule has 0 spiro atoms. The lowest BCUT2D eigenvalue weighted by Crippen LogP contribution is -1.93. The third-order valence-corrected chi connectivity index (χ3v) is 1.34. The van der Waals surface area contributed by atoms with E-state index in [2.05, 4.69) is 9.72 Å². The van der Waals surface area contributed by atoms with E-state index in [-0.39, 0.29) is 0 Å². The highest BCUT2D eigenvalue weighted by Crippen LogP contribution is 2.02. The molecule has 0 unspecified atom stereocenters. The van der Waals surface area contributed by atoms with E-state index >= 15 is 0 Å². The summed E-state index contributed by atoms with van der Waals surface area (Å²) in [6.07, 6.45) is 5.18. The molecule has 0 amide bonds. The molecular weight excluding hydrogens is 173 g/mol. The number of pyridine rings is 1. The SMILES string of the molecule is COC(=O)/C=C\c1cncc(F)c1. The summed E-state index contributed by atoms with van der Waals surface area (Å²) in [6.45, 7) is 0. The molecule has 0 aliphatic carbocycles. The molecule has 68 valence electrons. The summed E-state index contributed by atoms with van der Waals surface area (Å²) in [5.74, 6) is -0.920. The van der Waals surface area contributed by atoms with Gasteiger partial charge in [0.05, 0.1) is 13.3 Å². The first-order valence-corrected chi connectivity index (χ1v) is 3.59. The van der Waals surface area contributed by atoms with Crippen LogP contribution in [0.2, 0.25) is 0 Å². The van der Waals surface area contributed by atoms with E-state index in [0.29, 0.717) is 5.56 Å². The molecule has 1 aromatic heterocycles. The second-order valence-electron chi connectivity index (χ2n) is 2.29. The van der Waals surface area contributed by atoms with Crippen LogP contribution in [0.5, 0.6) is 0 Å². The number of carbonyl (C=O) groups excluding carboxylic acids is 1. The van der Waals surface area contributed by atoms with Crippen molar-refractivity contribution in [3.63, 3.8) is 0 Å². The van der Waals surface area contributed by atoms with Crippen molar-refractivity contribution < 1.29 is 13.9 Å². The lowest BCUT2D eigenvalue weighted by Gasteiger charge is -1.92. The summed E-state index contributed by atoms with van der Waals surface area (Å²) < 4.78 is 16.9. The van der Waals surface area contributed by atoms with Gasteiger partial charge in [0, 0.05) is 12.3 Å². The highest BCUT2D eigenvalue weighted by Gasteiger charge is 1.93. The van der Waals surface area contributed by atoms with Crippen molar-refractivity contribution in [2.75, 3.05) is 7.11 Å². The van der Waals surface area contributed by atoms with Crippen LogP contribution in [0.3, 0.4) is 0 Å². The Hall–Kier alpha value is -1.71. The topological polar surface area (TPSA) is 39.2 Å². The molecule has 0 bridgehead atoms. The Morgan fingerprint density at radius 3 is 3.00 bits per heavy atom. The molecule has 0 saturated carbocycles. The van der Waals surface area contributed by atoms with E-state index < -0.39 is 11.8 Å². The minimum atomic E-state index is -0.482. The fourth-order valence-corrected chi connectivity index (χ4v) is 0.752. The summed E-state index contributed by atoms with van der Waals surface area (Å²) in [7, 11) is 1.27. The minimum Gasteiger partial charge on any atom is -0.466 e. The fourth-order valence-electron chi connectivity index (χ4n) is 0.752. The van der Waals surface area contributed by atoms with Crippen LogP contribution in [0.4, 0.5) is 4.39 Å². The fraction of sp³-hybridized carbons (Fsp3) is 0.111. The van der Waals surface area contributed by atoms with Gasteiger partial charge in [-0.1, -0.05) is 0 Å². The van der Waals surface area contributed by atoms with Gasteiger partial charge in [0.2, 0.25) is 0 Å². The molecule has 1 rings (SSSR count). The lowest BCUT2D eigenvalue weighted by atomic mass is 10.2. The van der Waals surface area contributed by atoms with Gasteiger partial charge >= 0.3 is 5.97 Å². The van der Waals surface area contributed by atoms with E-state index in [0.717, 1.165) is 6.20 Å². The monoisotopic (exact) mass is 181 g/mol. The zero-order valence-electron chi connectivity index (χ0n) is 7.03. The normalized spacial score (nSPS) is 10.3. The van der Waals surface area contributed by atoms with Crippen LogP contribution < -0.4 is 0 Å². The second kappa shape index (κ2) is 4.35. The first kappa shape index (κ1) is 9.38. The highest BCUT2D eigenvalue weighted by atomic mass is 19.1. The van der Waals surface area contributed by atoms with Gasteiger partial charge in [-0.2, -0.15) is 0 Å². The van der Waals surface area contributed by atoms with Crippen molar-refractivity contribution in [2.24, 2.45) is 0 Å². The van der Waals surface area contributed by atoms with Crippen molar-refractivity contribution in [3.8, 4) is 0 Å².